The van der Waals surface area contributed by atoms with E-state index in [1.165, 1.54) is 37.0 Å². The Labute approximate surface area is 163 Å². The molecule has 0 unspecified atom stereocenters. The number of rotatable bonds is 6. The summed E-state index contributed by atoms with van der Waals surface area (Å²) in [5, 5.41) is 11.9. The second-order valence-electron chi connectivity index (χ2n) is 7.19. The highest BCUT2D eigenvalue weighted by atomic mass is 32.2. The number of hydrogen-bond acceptors (Lipinski definition) is 5. The van der Waals surface area contributed by atoms with Crippen LogP contribution in [0.1, 0.15) is 61.7 Å². The van der Waals surface area contributed by atoms with Gasteiger partial charge in [-0.1, -0.05) is 37.1 Å². The molecule has 0 spiro atoms. The summed E-state index contributed by atoms with van der Waals surface area (Å²) in [6, 6.07) is 4.75. The number of amides is 1. The molecule has 1 aliphatic heterocycles. The van der Waals surface area contributed by atoms with Crippen LogP contribution in [0.25, 0.3) is 0 Å². The first-order chi connectivity index (χ1) is 12.8. The maximum Gasteiger partial charge on any atom is 0.233 e. The molecule has 1 amide bonds. The van der Waals surface area contributed by atoms with Crippen LogP contribution in [-0.4, -0.2) is 44.4 Å². The third-order valence-electron chi connectivity index (χ3n) is 5.09. The quantitative estimate of drug-likeness (QED) is 0.695. The molecule has 0 atom stereocenters. The Morgan fingerprint density at radius 1 is 1.15 bits per heavy atom. The molecule has 0 aromatic carbocycles. The highest BCUT2D eigenvalue weighted by Gasteiger charge is 2.30. The molecule has 0 N–H and O–H groups in total. The van der Waals surface area contributed by atoms with Crippen LogP contribution in [-0.2, 0) is 11.2 Å². The molecule has 0 radical (unpaired) electrons. The minimum atomic E-state index is 0.252. The lowest BCUT2D eigenvalue weighted by Gasteiger charge is -2.24. The standard InChI is InChI=1S/C19H26N4OS2/c24-18(22-10-4-2-1-3-5-11-22)14-26-19-21-20-17(23(19)15-8-9-15)13-16-7-6-12-25-16/h6-7,12,15H,1-5,8-11,13-14H2. The van der Waals surface area contributed by atoms with Gasteiger partial charge in [0.05, 0.1) is 5.75 Å². The molecule has 1 saturated heterocycles. The lowest BCUT2D eigenvalue weighted by Crippen LogP contribution is -2.35. The lowest BCUT2D eigenvalue weighted by atomic mass is 10.1. The van der Waals surface area contributed by atoms with E-state index in [-0.39, 0.29) is 5.91 Å². The molecule has 2 fully saturated rings. The SMILES string of the molecule is O=C(CSc1nnc(Cc2cccs2)n1C1CC1)N1CCCCCCC1. The number of hydrogen-bond donors (Lipinski definition) is 0. The molecular weight excluding hydrogens is 364 g/mol. The third-order valence-corrected chi connectivity index (χ3v) is 6.90. The van der Waals surface area contributed by atoms with Crippen molar-refractivity contribution in [1.29, 1.82) is 0 Å². The Morgan fingerprint density at radius 3 is 2.62 bits per heavy atom. The van der Waals surface area contributed by atoms with Crippen molar-refractivity contribution in [2.45, 2.75) is 62.6 Å². The third kappa shape index (κ3) is 4.49. The zero-order chi connectivity index (χ0) is 17.8. The van der Waals surface area contributed by atoms with Gasteiger partial charge in [-0.05, 0) is 37.1 Å². The van der Waals surface area contributed by atoms with Crippen molar-refractivity contribution in [2.24, 2.45) is 0 Å². The van der Waals surface area contributed by atoms with Crippen molar-refractivity contribution < 1.29 is 4.79 Å². The zero-order valence-electron chi connectivity index (χ0n) is 15.1. The van der Waals surface area contributed by atoms with E-state index in [2.05, 4.69) is 37.2 Å². The van der Waals surface area contributed by atoms with Crippen molar-refractivity contribution >= 4 is 29.0 Å². The van der Waals surface area contributed by atoms with Gasteiger partial charge in [-0.2, -0.15) is 0 Å². The Morgan fingerprint density at radius 2 is 1.92 bits per heavy atom. The molecule has 7 heteroatoms. The van der Waals surface area contributed by atoms with Crippen LogP contribution in [0.2, 0.25) is 0 Å². The van der Waals surface area contributed by atoms with E-state index in [0.717, 1.165) is 43.3 Å². The van der Waals surface area contributed by atoms with E-state index in [0.29, 0.717) is 11.8 Å². The summed E-state index contributed by atoms with van der Waals surface area (Å²) < 4.78 is 2.28. The highest BCUT2D eigenvalue weighted by Crippen LogP contribution is 2.39. The average molecular weight is 391 g/mol. The Hall–Kier alpha value is -1.34. The Balaban J connectivity index is 1.39. The van der Waals surface area contributed by atoms with Crippen LogP contribution in [0.5, 0.6) is 0 Å². The summed E-state index contributed by atoms with van der Waals surface area (Å²) in [5.74, 6) is 1.77. The monoisotopic (exact) mass is 390 g/mol. The maximum atomic E-state index is 12.6. The fraction of sp³-hybridized carbons (Fsp3) is 0.632. The molecule has 26 heavy (non-hydrogen) atoms. The summed E-state index contributed by atoms with van der Waals surface area (Å²) in [6.45, 7) is 1.83. The first-order valence-electron chi connectivity index (χ1n) is 9.68. The van der Waals surface area contributed by atoms with E-state index in [1.807, 2.05) is 0 Å². The van der Waals surface area contributed by atoms with Crippen LogP contribution >= 0.6 is 23.1 Å². The predicted octanol–water partition coefficient (Wildman–Crippen LogP) is 4.15. The predicted molar refractivity (Wildman–Crippen MR) is 106 cm³/mol. The molecule has 2 aliphatic rings. The Kier molecular flexibility index (Phi) is 5.94. The number of nitrogens with zero attached hydrogens (tertiary/aromatic N) is 4. The normalized spacial score (nSPS) is 18.5. The fourth-order valence-corrected chi connectivity index (χ4v) is 5.14. The van der Waals surface area contributed by atoms with Gasteiger partial charge in [0, 0.05) is 30.4 Å². The van der Waals surface area contributed by atoms with E-state index >= 15 is 0 Å². The van der Waals surface area contributed by atoms with Crippen LogP contribution in [0.15, 0.2) is 22.7 Å². The van der Waals surface area contributed by atoms with Crippen molar-refractivity contribution in [1.82, 2.24) is 19.7 Å². The number of carbonyl (C=O) groups is 1. The molecule has 2 aromatic heterocycles. The minimum Gasteiger partial charge on any atom is -0.342 e. The van der Waals surface area contributed by atoms with Crippen molar-refractivity contribution in [3.05, 3.63) is 28.2 Å². The van der Waals surface area contributed by atoms with Crippen LogP contribution in [0.4, 0.5) is 0 Å². The van der Waals surface area contributed by atoms with E-state index in [9.17, 15) is 4.79 Å². The van der Waals surface area contributed by atoms with Gasteiger partial charge in [0.25, 0.3) is 0 Å². The van der Waals surface area contributed by atoms with Gasteiger partial charge in [-0.15, -0.1) is 21.5 Å². The maximum absolute atomic E-state index is 12.6. The summed E-state index contributed by atoms with van der Waals surface area (Å²) in [5.41, 5.74) is 0. The van der Waals surface area contributed by atoms with Gasteiger partial charge in [0.15, 0.2) is 5.16 Å². The second-order valence-corrected chi connectivity index (χ2v) is 9.17. The van der Waals surface area contributed by atoms with Crippen LogP contribution < -0.4 is 0 Å². The summed E-state index contributed by atoms with van der Waals surface area (Å²) in [4.78, 5) is 16.0. The minimum absolute atomic E-state index is 0.252. The topological polar surface area (TPSA) is 51.0 Å². The summed E-state index contributed by atoms with van der Waals surface area (Å²) in [7, 11) is 0. The smallest absolute Gasteiger partial charge is 0.233 e. The molecule has 4 rings (SSSR count). The van der Waals surface area contributed by atoms with Gasteiger partial charge in [-0.3, -0.25) is 4.79 Å². The van der Waals surface area contributed by atoms with Crippen LogP contribution in [0.3, 0.4) is 0 Å². The molecule has 1 aliphatic carbocycles. The van der Waals surface area contributed by atoms with Gasteiger partial charge >= 0.3 is 0 Å². The lowest BCUT2D eigenvalue weighted by molar-refractivity contribution is -0.128. The fourth-order valence-electron chi connectivity index (χ4n) is 3.51. The first kappa shape index (κ1) is 18.0. The molecule has 1 saturated carbocycles. The van der Waals surface area contributed by atoms with Crippen molar-refractivity contribution in [3.8, 4) is 0 Å². The van der Waals surface area contributed by atoms with E-state index < -0.39 is 0 Å². The summed E-state index contributed by atoms with van der Waals surface area (Å²) >= 11 is 3.32. The first-order valence-corrected chi connectivity index (χ1v) is 11.5. The Bertz CT molecular complexity index is 716. The van der Waals surface area contributed by atoms with Gasteiger partial charge in [0.1, 0.15) is 5.82 Å². The number of thiophene rings is 1. The van der Waals surface area contributed by atoms with Crippen LogP contribution in [0, 0.1) is 0 Å². The largest absolute Gasteiger partial charge is 0.342 e. The van der Waals surface area contributed by atoms with E-state index in [4.69, 9.17) is 0 Å². The van der Waals surface area contributed by atoms with Crippen molar-refractivity contribution in [2.75, 3.05) is 18.8 Å². The summed E-state index contributed by atoms with van der Waals surface area (Å²) in [6.07, 6.45) is 9.32. The average Bonchev–Trinajstić information content (AvgIpc) is 3.16. The molecule has 2 aromatic rings. The molecule has 140 valence electrons. The number of thioether (sulfide) groups is 1. The number of likely N-dealkylation sites (tertiary alicyclic amines) is 1. The zero-order valence-corrected chi connectivity index (χ0v) is 16.7. The van der Waals surface area contributed by atoms with Gasteiger partial charge < -0.3 is 9.47 Å². The molecule has 5 nitrogen and oxygen atoms in total. The van der Waals surface area contributed by atoms with Gasteiger partial charge in [-0.25, -0.2) is 0 Å². The number of carbonyl (C=O) groups excluding carboxylic acids is 1. The molecular formula is C19H26N4OS2. The molecule has 3 heterocycles. The highest BCUT2D eigenvalue weighted by molar-refractivity contribution is 7.99. The number of aromatic nitrogens is 3. The molecule has 0 bridgehead atoms. The van der Waals surface area contributed by atoms with Gasteiger partial charge in [0.2, 0.25) is 5.91 Å². The van der Waals surface area contributed by atoms with Crippen molar-refractivity contribution in [3.63, 3.8) is 0 Å². The second kappa shape index (κ2) is 8.57. The van der Waals surface area contributed by atoms with E-state index in [1.54, 1.807) is 23.1 Å².